The zero-order valence-electron chi connectivity index (χ0n) is 22.4. The lowest BCUT2D eigenvalue weighted by Gasteiger charge is -2.31. The Balaban J connectivity index is 1.72. The number of pyridine rings is 1. The molecule has 3 rings (SSSR count). The second-order valence-electron chi connectivity index (χ2n) is 9.50. The van der Waals surface area contributed by atoms with Crippen molar-refractivity contribution in [3.05, 3.63) is 53.1 Å². The average Bonchev–Trinajstić information content (AvgIpc) is 3.39. The highest BCUT2D eigenvalue weighted by Gasteiger charge is 2.35. The summed E-state index contributed by atoms with van der Waals surface area (Å²) in [5.74, 6) is -1.78. The lowest BCUT2D eigenvalue weighted by Crippen LogP contribution is -2.42. The predicted molar refractivity (Wildman–Crippen MR) is 136 cm³/mol. The number of aromatic nitrogens is 1. The summed E-state index contributed by atoms with van der Waals surface area (Å²) in [6.45, 7) is 5.99. The fourth-order valence-electron chi connectivity index (χ4n) is 4.97. The molecule has 0 saturated heterocycles. The highest BCUT2D eigenvalue weighted by molar-refractivity contribution is 5.98. The lowest BCUT2D eigenvalue weighted by atomic mass is 9.79. The van der Waals surface area contributed by atoms with Gasteiger partial charge in [-0.3, -0.25) is 9.59 Å². The van der Waals surface area contributed by atoms with E-state index in [1.165, 1.54) is 45.4 Å². The highest BCUT2D eigenvalue weighted by atomic mass is 19.1. The SMILES string of the molecule is COc1ccnc(C(=O)N[C@@H](C)C(=O)O[C@@H](C)[C@H](c2ccc(F)cc2C)C2CCCC2)c1OCOC(C)=O. The summed E-state index contributed by atoms with van der Waals surface area (Å²) in [6.07, 6.45) is 5.08. The summed E-state index contributed by atoms with van der Waals surface area (Å²) in [7, 11) is 1.39. The van der Waals surface area contributed by atoms with Crippen LogP contribution in [-0.2, 0) is 19.1 Å². The van der Waals surface area contributed by atoms with Crippen molar-refractivity contribution in [1.82, 2.24) is 10.3 Å². The smallest absolute Gasteiger partial charge is 0.328 e. The van der Waals surface area contributed by atoms with Gasteiger partial charge in [0.05, 0.1) is 7.11 Å². The third kappa shape index (κ3) is 7.20. The van der Waals surface area contributed by atoms with Gasteiger partial charge in [0.2, 0.25) is 6.79 Å². The maximum Gasteiger partial charge on any atom is 0.328 e. The van der Waals surface area contributed by atoms with E-state index in [0.717, 1.165) is 36.8 Å². The molecule has 38 heavy (non-hydrogen) atoms. The summed E-state index contributed by atoms with van der Waals surface area (Å²) >= 11 is 0. The number of amides is 1. The van der Waals surface area contributed by atoms with Gasteiger partial charge in [0.25, 0.3) is 5.91 Å². The average molecular weight is 531 g/mol. The molecule has 1 heterocycles. The lowest BCUT2D eigenvalue weighted by molar-refractivity contribution is -0.152. The first-order chi connectivity index (χ1) is 18.1. The van der Waals surface area contributed by atoms with Crippen molar-refractivity contribution in [2.24, 2.45) is 5.92 Å². The van der Waals surface area contributed by atoms with Crippen LogP contribution < -0.4 is 14.8 Å². The van der Waals surface area contributed by atoms with Crippen molar-refractivity contribution in [3.8, 4) is 11.5 Å². The topological polar surface area (TPSA) is 113 Å². The molecule has 0 radical (unpaired) electrons. The van der Waals surface area contributed by atoms with Crippen molar-refractivity contribution in [3.63, 3.8) is 0 Å². The zero-order valence-corrected chi connectivity index (χ0v) is 22.4. The van der Waals surface area contributed by atoms with E-state index in [1.54, 1.807) is 6.07 Å². The molecule has 1 aliphatic carbocycles. The standard InChI is InChI=1S/C28H35FN2O7/c1-16-14-21(29)10-11-22(16)24(20-8-6-7-9-20)18(3)38-28(34)17(2)31-27(33)25-26(37-15-36-19(4)32)23(35-5)12-13-30-25/h10-14,17-18,20,24H,6-9,15H2,1-5H3,(H,31,33)/t17-,18-,24-/m0/s1. The molecular weight excluding hydrogens is 495 g/mol. The van der Waals surface area contributed by atoms with E-state index in [1.807, 2.05) is 13.8 Å². The predicted octanol–water partition coefficient (Wildman–Crippen LogP) is 4.46. The summed E-state index contributed by atoms with van der Waals surface area (Å²) in [6, 6.07) is 5.19. The number of carbonyl (C=O) groups is 3. The third-order valence-electron chi connectivity index (χ3n) is 6.78. The van der Waals surface area contributed by atoms with Gasteiger partial charge in [-0.2, -0.15) is 0 Å². The van der Waals surface area contributed by atoms with Crippen LogP contribution in [0.15, 0.2) is 30.5 Å². The number of benzene rings is 1. The maximum atomic E-state index is 13.8. The molecule has 1 aromatic carbocycles. The van der Waals surface area contributed by atoms with E-state index >= 15 is 0 Å². The number of aryl methyl sites for hydroxylation is 1. The van der Waals surface area contributed by atoms with Crippen molar-refractivity contribution >= 4 is 17.8 Å². The monoisotopic (exact) mass is 530 g/mol. The first-order valence-corrected chi connectivity index (χ1v) is 12.7. The van der Waals surface area contributed by atoms with Crippen LogP contribution in [0.1, 0.15) is 74.0 Å². The van der Waals surface area contributed by atoms with Gasteiger partial charge in [0.15, 0.2) is 17.2 Å². The normalized spacial score (nSPS) is 15.7. The first-order valence-electron chi connectivity index (χ1n) is 12.7. The van der Waals surface area contributed by atoms with Crippen LogP contribution in [0.3, 0.4) is 0 Å². The Morgan fingerprint density at radius 2 is 1.87 bits per heavy atom. The van der Waals surface area contributed by atoms with Gasteiger partial charge in [-0.15, -0.1) is 0 Å². The van der Waals surface area contributed by atoms with Gasteiger partial charge in [-0.05, 0) is 62.8 Å². The number of carbonyl (C=O) groups excluding carboxylic acids is 3. The van der Waals surface area contributed by atoms with Crippen molar-refractivity contribution in [2.75, 3.05) is 13.9 Å². The Kier molecular flexibility index (Phi) is 10.0. The number of rotatable bonds is 11. The summed E-state index contributed by atoms with van der Waals surface area (Å²) in [5, 5.41) is 2.59. The van der Waals surface area contributed by atoms with E-state index < -0.39 is 36.8 Å². The number of hydrogen-bond acceptors (Lipinski definition) is 8. The molecule has 2 aromatic rings. The van der Waals surface area contributed by atoms with Crippen molar-refractivity contribution in [1.29, 1.82) is 0 Å². The van der Waals surface area contributed by atoms with Crippen LogP contribution in [0, 0.1) is 18.7 Å². The van der Waals surface area contributed by atoms with Crippen molar-refractivity contribution < 1.29 is 37.7 Å². The second-order valence-corrected chi connectivity index (χ2v) is 9.50. The minimum absolute atomic E-state index is 0.0317. The van der Waals surface area contributed by atoms with E-state index in [2.05, 4.69) is 10.3 Å². The minimum Gasteiger partial charge on any atom is -0.493 e. The van der Waals surface area contributed by atoms with Crippen LogP contribution in [0.25, 0.3) is 0 Å². The van der Waals surface area contributed by atoms with Gasteiger partial charge in [-0.1, -0.05) is 18.9 Å². The highest BCUT2D eigenvalue weighted by Crippen LogP contribution is 2.41. The fraction of sp³-hybridized carbons (Fsp3) is 0.500. The molecule has 0 unspecified atom stereocenters. The molecule has 1 aliphatic rings. The van der Waals surface area contributed by atoms with Gasteiger partial charge < -0.3 is 24.3 Å². The molecule has 1 aromatic heterocycles. The Labute approximate surface area is 222 Å². The summed E-state index contributed by atoms with van der Waals surface area (Å²) in [4.78, 5) is 41.2. The van der Waals surface area contributed by atoms with E-state index in [-0.39, 0.29) is 28.9 Å². The number of ether oxygens (including phenoxy) is 4. The van der Waals surface area contributed by atoms with Gasteiger partial charge in [0, 0.05) is 25.1 Å². The number of methoxy groups -OCH3 is 1. The van der Waals surface area contributed by atoms with Crippen LogP contribution in [0.2, 0.25) is 0 Å². The van der Waals surface area contributed by atoms with Crippen LogP contribution in [0.5, 0.6) is 11.5 Å². The molecule has 1 saturated carbocycles. The maximum absolute atomic E-state index is 13.8. The largest absolute Gasteiger partial charge is 0.493 e. The second kappa shape index (κ2) is 13.2. The van der Waals surface area contributed by atoms with Gasteiger partial charge in [0.1, 0.15) is 18.0 Å². The number of nitrogens with one attached hydrogen (secondary N) is 1. The quantitative estimate of drug-likeness (QED) is 0.335. The number of nitrogens with zero attached hydrogens (tertiary/aromatic N) is 1. The Morgan fingerprint density at radius 1 is 1.16 bits per heavy atom. The molecule has 0 bridgehead atoms. The molecular formula is C28H35FN2O7. The Morgan fingerprint density at radius 3 is 2.50 bits per heavy atom. The molecule has 10 heteroatoms. The molecule has 1 fully saturated rings. The van der Waals surface area contributed by atoms with Gasteiger partial charge in [-0.25, -0.2) is 14.2 Å². The van der Waals surface area contributed by atoms with E-state index in [4.69, 9.17) is 18.9 Å². The van der Waals surface area contributed by atoms with Crippen LogP contribution >= 0.6 is 0 Å². The molecule has 206 valence electrons. The molecule has 3 atom stereocenters. The molecule has 0 spiro atoms. The molecule has 0 aliphatic heterocycles. The number of hydrogen-bond donors (Lipinski definition) is 1. The third-order valence-corrected chi connectivity index (χ3v) is 6.78. The number of halogens is 1. The zero-order chi connectivity index (χ0) is 27.8. The molecule has 1 amide bonds. The first kappa shape index (κ1) is 28.9. The Bertz CT molecular complexity index is 1150. The summed E-state index contributed by atoms with van der Waals surface area (Å²) < 4.78 is 35.1. The van der Waals surface area contributed by atoms with Crippen LogP contribution in [0.4, 0.5) is 4.39 Å². The molecule has 1 N–H and O–H groups in total. The van der Waals surface area contributed by atoms with Gasteiger partial charge >= 0.3 is 11.9 Å². The number of esters is 2. The fourth-order valence-corrected chi connectivity index (χ4v) is 4.97. The Hall–Kier alpha value is -3.69. The molecule has 9 nitrogen and oxygen atoms in total. The van der Waals surface area contributed by atoms with Crippen molar-refractivity contribution in [2.45, 2.75) is 71.4 Å². The van der Waals surface area contributed by atoms with Crippen LogP contribution in [-0.4, -0.2) is 48.9 Å². The van der Waals surface area contributed by atoms with E-state index in [9.17, 15) is 18.8 Å². The summed E-state index contributed by atoms with van der Waals surface area (Å²) in [5.41, 5.74) is 1.64. The van der Waals surface area contributed by atoms with E-state index in [0.29, 0.717) is 5.92 Å². The minimum atomic E-state index is -1.00.